The Morgan fingerprint density at radius 3 is 2.42 bits per heavy atom. The van der Waals surface area contributed by atoms with Crippen LogP contribution in [0.4, 0.5) is 10.1 Å². The summed E-state index contributed by atoms with van der Waals surface area (Å²) in [7, 11) is 0. The lowest BCUT2D eigenvalue weighted by Gasteiger charge is -2.38. The maximum absolute atomic E-state index is 13.5. The van der Waals surface area contributed by atoms with Gasteiger partial charge in [0.1, 0.15) is 11.6 Å². The minimum absolute atomic E-state index is 0.0161. The first-order valence-corrected chi connectivity index (χ1v) is 10.7. The molecule has 160 valence electrons. The number of phenols is 1. The minimum atomic E-state index is -0.337. The van der Waals surface area contributed by atoms with Crippen LogP contribution in [0.3, 0.4) is 0 Å². The largest absolute Gasteiger partial charge is 0.508 e. The summed E-state index contributed by atoms with van der Waals surface area (Å²) in [5.74, 6) is -0.182. The molecule has 0 aliphatic carbocycles. The first kappa shape index (κ1) is 21.3. The third-order valence-electron chi connectivity index (χ3n) is 5.70. The molecule has 1 heterocycles. The maximum Gasteiger partial charge on any atom is 0.258 e. The molecule has 0 spiro atoms. The van der Waals surface area contributed by atoms with E-state index in [1.54, 1.807) is 47.4 Å². The van der Waals surface area contributed by atoms with Gasteiger partial charge in [-0.15, -0.1) is 0 Å². The molecule has 0 unspecified atom stereocenters. The van der Waals surface area contributed by atoms with Crippen LogP contribution in [0.1, 0.15) is 28.8 Å². The van der Waals surface area contributed by atoms with Crippen molar-refractivity contribution in [2.24, 2.45) is 0 Å². The van der Waals surface area contributed by atoms with Gasteiger partial charge in [0, 0.05) is 47.5 Å². The predicted molar refractivity (Wildman–Crippen MR) is 121 cm³/mol. The van der Waals surface area contributed by atoms with Crippen LogP contribution in [0, 0.1) is 5.82 Å². The van der Waals surface area contributed by atoms with E-state index in [-0.39, 0.29) is 17.8 Å². The highest BCUT2D eigenvalue weighted by molar-refractivity contribution is 6.31. The molecule has 3 aromatic carbocycles. The number of likely N-dealkylation sites (tertiary alicyclic amines) is 1. The zero-order valence-electron chi connectivity index (χ0n) is 17.0. The number of carbonyl (C=O) groups excluding carboxylic acids is 1. The van der Waals surface area contributed by atoms with Crippen molar-refractivity contribution in [3.63, 3.8) is 0 Å². The predicted octanol–water partition coefficient (Wildman–Crippen LogP) is 5.50. The molecule has 1 aliphatic rings. The molecule has 0 bridgehead atoms. The first-order valence-electron chi connectivity index (χ1n) is 10.3. The van der Waals surface area contributed by atoms with E-state index >= 15 is 0 Å². The Morgan fingerprint density at radius 2 is 1.74 bits per heavy atom. The molecule has 4 nitrogen and oxygen atoms in total. The number of para-hydroxylation sites is 1. The van der Waals surface area contributed by atoms with Crippen LogP contribution in [-0.2, 0) is 6.54 Å². The number of halogens is 2. The fourth-order valence-electron chi connectivity index (χ4n) is 4.08. The smallest absolute Gasteiger partial charge is 0.258 e. The van der Waals surface area contributed by atoms with E-state index in [0.717, 1.165) is 31.5 Å². The lowest BCUT2D eigenvalue weighted by Crippen LogP contribution is -2.47. The number of rotatable bonds is 5. The third kappa shape index (κ3) is 5.06. The van der Waals surface area contributed by atoms with Crippen molar-refractivity contribution in [3.8, 4) is 5.75 Å². The summed E-state index contributed by atoms with van der Waals surface area (Å²) in [4.78, 5) is 17.5. The molecular weight excluding hydrogens is 415 g/mol. The number of hydrogen-bond acceptors (Lipinski definition) is 3. The number of benzene rings is 3. The molecule has 3 aromatic rings. The van der Waals surface area contributed by atoms with Crippen LogP contribution in [0.25, 0.3) is 0 Å². The van der Waals surface area contributed by atoms with Crippen molar-refractivity contribution in [1.82, 2.24) is 4.90 Å². The summed E-state index contributed by atoms with van der Waals surface area (Å²) < 4.78 is 13.5. The van der Waals surface area contributed by atoms with Gasteiger partial charge in [-0.05, 0) is 61.4 Å². The molecule has 0 aromatic heterocycles. The van der Waals surface area contributed by atoms with Gasteiger partial charge in [-0.3, -0.25) is 9.69 Å². The Bertz CT molecular complexity index is 1050. The van der Waals surface area contributed by atoms with Gasteiger partial charge in [0.2, 0.25) is 0 Å². The van der Waals surface area contributed by atoms with E-state index in [1.165, 1.54) is 12.1 Å². The number of anilines is 1. The first-order chi connectivity index (χ1) is 15.0. The second kappa shape index (κ2) is 9.50. The second-order valence-electron chi connectivity index (χ2n) is 7.80. The molecule has 1 fully saturated rings. The monoisotopic (exact) mass is 438 g/mol. The van der Waals surface area contributed by atoms with E-state index in [0.29, 0.717) is 28.6 Å². The number of nitrogens with zero attached hydrogens (tertiary/aromatic N) is 2. The van der Waals surface area contributed by atoms with Gasteiger partial charge in [-0.2, -0.15) is 0 Å². The van der Waals surface area contributed by atoms with E-state index in [4.69, 9.17) is 11.6 Å². The minimum Gasteiger partial charge on any atom is -0.508 e. The van der Waals surface area contributed by atoms with Crippen molar-refractivity contribution in [1.29, 1.82) is 0 Å². The van der Waals surface area contributed by atoms with Crippen molar-refractivity contribution in [3.05, 3.63) is 94.8 Å². The van der Waals surface area contributed by atoms with Gasteiger partial charge in [0.15, 0.2) is 0 Å². The summed E-state index contributed by atoms with van der Waals surface area (Å²) >= 11 is 6.11. The number of amides is 1. The third-order valence-corrected chi connectivity index (χ3v) is 5.94. The van der Waals surface area contributed by atoms with E-state index < -0.39 is 0 Å². The number of hydrogen-bond donors (Lipinski definition) is 1. The van der Waals surface area contributed by atoms with Crippen LogP contribution in [0.2, 0.25) is 5.02 Å². The van der Waals surface area contributed by atoms with Crippen LogP contribution < -0.4 is 4.90 Å². The van der Waals surface area contributed by atoms with Crippen LogP contribution in [-0.4, -0.2) is 35.0 Å². The Labute approximate surface area is 186 Å². The highest BCUT2D eigenvalue weighted by atomic mass is 35.5. The Balaban J connectivity index is 1.53. The Kier molecular flexibility index (Phi) is 6.54. The zero-order valence-corrected chi connectivity index (χ0v) is 17.8. The molecule has 1 amide bonds. The summed E-state index contributed by atoms with van der Waals surface area (Å²) in [6, 6.07) is 20.3. The fourth-order valence-corrected chi connectivity index (χ4v) is 4.27. The Hall–Kier alpha value is -2.89. The fraction of sp³-hybridized carbons (Fsp3) is 0.240. The normalized spacial score (nSPS) is 15.0. The van der Waals surface area contributed by atoms with Gasteiger partial charge in [0.05, 0.1) is 0 Å². The molecule has 1 saturated heterocycles. The lowest BCUT2D eigenvalue weighted by atomic mass is 10.00. The van der Waals surface area contributed by atoms with Crippen LogP contribution in [0.15, 0.2) is 72.8 Å². The van der Waals surface area contributed by atoms with Gasteiger partial charge >= 0.3 is 0 Å². The van der Waals surface area contributed by atoms with Crippen LogP contribution >= 0.6 is 11.6 Å². The van der Waals surface area contributed by atoms with E-state index in [9.17, 15) is 14.3 Å². The highest BCUT2D eigenvalue weighted by Gasteiger charge is 2.30. The molecule has 1 N–H and O–H groups in total. The van der Waals surface area contributed by atoms with Gasteiger partial charge in [-0.1, -0.05) is 35.9 Å². The molecule has 0 radical (unpaired) electrons. The van der Waals surface area contributed by atoms with Crippen molar-refractivity contribution < 1.29 is 14.3 Å². The Morgan fingerprint density at radius 1 is 1.03 bits per heavy atom. The van der Waals surface area contributed by atoms with Crippen LogP contribution in [0.5, 0.6) is 5.75 Å². The van der Waals surface area contributed by atoms with Gasteiger partial charge in [0.25, 0.3) is 5.91 Å². The zero-order chi connectivity index (χ0) is 21.8. The lowest BCUT2D eigenvalue weighted by molar-refractivity contribution is 0.0958. The standard InChI is InChI=1S/C25H24ClFN2O2/c26-20-6-3-5-18(16-20)25(31)29(22-10-8-21(27)9-11-22)23-12-14-28(15-13-23)17-19-4-1-2-7-24(19)30/h1-11,16,23,30H,12-15,17H2. The molecule has 0 saturated carbocycles. The molecule has 1 aliphatic heterocycles. The number of phenolic OH excluding ortho intramolecular Hbond substituents is 1. The average Bonchev–Trinajstić information content (AvgIpc) is 2.78. The summed E-state index contributed by atoms with van der Waals surface area (Å²) in [6.45, 7) is 2.25. The molecular formula is C25H24ClFN2O2. The number of aromatic hydroxyl groups is 1. The average molecular weight is 439 g/mol. The number of carbonyl (C=O) groups is 1. The summed E-state index contributed by atoms with van der Waals surface area (Å²) in [5, 5.41) is 10.6. The quantitative estimate of drug-likeness (QED) is 0.572. The van der Waals surface area contributed by atoms with Gasteiger partial charge < -0.3 is 10.0 Å². The molecule has 6 heteroatoms. The van der Waals surface area contributed by atoms with Gasteiger partial charge in [-0.25, -0.2) is 4.39 Å². The molecule has 0 atom stereocenters. The van der Waals surface area contributed by atoms with E-state index in [2.05, 4.69) is 4.90 Å². The second-order valence-corrected chi connectivity index (χ2v) is 8.23. The highest BCUT2D eigenvalue weighted by Crippen LogP contribution is 2.28. The van der Waals surface area contributed by atoms with Crippen molar-refractivity contribution in [2.45, 2.75) is 25.4 Å². The summed E-state index contributed by atoms with van der Waals surface area (Å²) in [5.41, 5.74) is 2.07. The topological polar surface area (TPSA) is 43.8 Å². The molecule has 31 heavy (non-hydrogen) atoms. The summed E-state index contributed by atoms with van der Waals surface area (Å²) in [6.07, 6.45) is 1.55. The number of piperidine rings is 1. The SMILES string of the molecule is O=C(c1cccc(Cl)c1)N(c1ccc(F)cc1)C1CCN(Cc2ccccc2O)CC1. The molecule has 4 rings (SSSR count). The van der Waals surface area contributed by atoms with Crippen molar-refractivity contribution >= 4 is 23.2 Å². The van der Waals surface area contributed by atoms with Crippen molar-refractivity contribution in [2.75, 3.05) is 18.0 Å². The van der Waals surface area contributed by atoms with E-state index in [1.807, 2.05) is 18.2 Å². The maximum atomic E-state index is 13.5.